The van der Waals surface area contributed by atoms with Crippen molar-refractivity contribution >= 4 is 11.8 Å². The van der Waals surface area contributed by atoms with Crippen LogP contribution in [0.15, 0.2) is 0 Å². The summed E-state index contributed by atoms with van der Waals surface area (Å²) in [7, 11) is 1.83. The Balaban J connectivity index is 2.14. The van der Waals surface area contributed by atoms with Crippen LogP contribution in [0, 0.1) is 0 Å². The number of rotatable bonds is 3. The second-order valence-electron chi connectivity index (χ2n) is 3.09. The lowest BCUT2D eigenvalue weighted by Crippen LogP contribution is -2.21. The summed E-state index contributed by atoms with van der Waals surface area (Å²) in [4.78, 5) is 0. The molecule has 0 amide bonds. The molecule has 0 aromatic heterocycles. The quantitative estimate of drug-likeness (QED) is 0.650. The molecule has 0 aromatic rings. The Morgan fingerprint density at radius 3 is 2.36 bits per heavy atom. The average Bonchev–Trinajstić information content (AvgIpc) is 2.07. The van der Waals surface area contributed by atoms with E-state index in [9.17, 15) is 0 Å². The van der Waals surface area contributed by atoms with Gasteiger partial charge in [-0.3, -0.25) is 0 Å². The SMILES string of the molecule is CCSC1CCC(OC)CC1. The minimum atomic E-state index is 0.559. The zero-order chi connectivity index (χ0) is 8.10. The summed E-state index contributed by atoms with van der Waals surface area (Å²) in [5, 5.41) is 0.923. The summed E-state index contributed by atoms with van der Waals surface area (Å²) in [5.74, 6) is 1.27. The fourth-order valence-corrected chi connectivity index (χ4v) is 2.75. The summed E-state index contributed by atoms with van der Waals surface area (Å²) in [6.07, 6.45) is 5.82. The van der Waals surface area contributed by atoms with Gasteiger partial charge in [0.2, 0.25) is 0 Å². The van der Waals surface area contributed by atoms with Crippen LogP contribution < -0.4 is 0 Å². The molecule has 0 bridgehead atoms. The van der Waals surface area contributed by atoms with Crippen LogP contribution >= 0.6 is 11.8 Å². The zero-order valence-corrected chi connectivity index (χ0v) is 8.32. The van der Waals surface area contributed by atoms with Crippen molar-refractivity contribution in [2.45, 2.75) is 44.0 Å². The number of hydrogen-bond acceptors (Lipinski definition) is 2. The van der Waals surface area contributed by atoms with Crippen LogP contribution in [-0.2, 0) is 4.74 Å². The third-order valence-electron chi connectivity index (χ3n) is 2.36. The number of ether oxygens (including phenoxy) is 1. The molecule has 2 heteroatoms. The molecule has 1 saturated carbocycles. The molecular weight excluding hydrogens is 156 g/mol. The molecule has 0 saturated heterocycles. The first kappa shape index (κ1) is 9.40. The first-order chi connectivity index (χ1) is 5.36. The maximum absolute atomic E-state index is 5.31. The molecule has 0 heterocycles. The maximum atomic E-state index is 5.31. The normalized spacial score (nSPS) is 32.2. The highest BCUT2D eigenvalue weighted by Crippen LogP contribution is 2.29. The van der Waals surface area contributed by atoms with Gasteiger partial charge in [-0.25, -0.2) is 0 Å². The fourth-order valence-electron chi connectivity index (χ4n) is 1.67. The molecule has 0 aromatic carbocycles. The molecule has 0 spiro atoms. The third kappa shape index (κ3) is 3.04. The fraction of sp³-hybridized carbons (Fsp3) is 1.00. The van der Waals surface area contributed by atoms with E-state index in [2.05, 4.69) is 18.7 Å². The molecular formula is C9H18OS. The van der Waals surface area contributed by atoms with Crippen molar-refractivity contribution in [3.05, 3.63) is 0 Å². The molecule has 1 aliphatic carbocycles. The van der Waals surface area contributed by atoms with Crippen molar-refractivity contribution in [2.75, 3.05) is 12.9 Å². The maximum Gasteiger partial charge on any atom is 0.0572 e. The van der Waals surface area contributed by atoms with Crippen LogP contribution in [0.2, 0.25) is 0 Å². The van der Waals surface area contributed by atoms with Gasteiger partial charge in [0.25, 0.3) is 0 Å². The van der Waals surface area contributed by atoms with Crippen LogP contribution in [0.3, 0.4) is 0 Å². The van der Waals surface area contributed by atoms with Crippen molar-refractivity contribution in [2.24, 2.45) is 0 Å². The van der Waals surface area contributed by atoms with Crippen LogP contribution in [0.1, 0.15) is 32.6 Å². The first-order valence-corrected chi connectivity index (χ1v) is 5.56. The second-order valence-corrected chi connectivity index (χ2v) is 4.67. The van der Waals surface area contributed by atoms with E-state index < -0.39 is 0 Å². The lowest BCUT2D eigenvalue weighted by molar-refractivity contribution is 0.0723. The minimum absolute atomic E-state index is 0.559. The van der Waals surface area contributed by atoms with Crippen molar-refractivity contribution in [1.29, 1.82) is 0 Å². The third-order valence-corrected chi connectivity index (χ3v) is 3.63. The lowest BCUT2D eigenvalue weighted by atomic mass is 9.97. The van der Waals surface area contributed by atoms with E-state index in [-0.39, 0.29) is 0 Å². The Labute approximate surface area is 73.9 Å². The Morgan fingerprint density at radius 2 is 1.91 bits per heavy atom. The van der Waals surface area contributed by atoms with E-state index in [1.54, 1.807) is 0 Å². The molecule has 0 N–H and O–H groups in total. The summed E-state index contributed by atoms with van der Waals surface area (Å²) >= 11 is 2.11. The van der Waals surface area contributed by atoms with Crippen LogP contribution in [0.5, 0.6) is 0 Å². The summed E-state index contributed by atoms with van der Waals surface area (Å²) in [6, 6.07) is 0. The van der Waals surface area contributed by atoms with Crippen molar-refractivity contribution in [3.8, 4) is 0 Å². The lowest BCUT2D eigenvalue weighted by Gasteiger charge is -2.26. The molecule has 1 fully saturated rings. The van der Waals surface area contributed by atoms with E-state index in [4.69, 9.17) is 4.74 Å². The molecule has 0 unspecified atom stereocenters. The topological polar surface area (TPSA) is 9.23 Å². The molecule has 11 heavy (non-hydrogen) atoms. The van der Waals surface area contributed by atoms with Crippen LogP contribution in [0.25, 0.3) is 0 Å². The van der Waals surface area contributed by atoms with Gasteiger partial charge in [0.05, 0.1) is 6.10 Å². The average molecular weight is 174 g/mol. The highest BCUT2D eigenvalue weighted by atomic mass is 32.2. The van der Waals surface area contributed by atoms with Gasteiger partial charge in [-0.2, -0.15) is 11.8 Å². The van der Waals surface area contributed by atoms with Gasteiger partial charge in [-0.1, -0.05) is 6.92 Å². The van der Waals surface area contributed by atoms with Gasteiger partial charge in [0, 0.05) is 12.4 Å². The minimum Gasteiger partial charge on any atom is -0.381 e. The van der Waals surface area contributed by atoms with E-state index in [1.807, 2.05) is 7.11 Å². The van der Waals surface area contributed by atoms with E-state index in [0.29, 0.717) is 6.10 Å². The second kappa shape index (κ2) is 5.04. The van der Waals surface area contributed by atoms with Gasteiger partial charge in [-0.15, -0.1) is 0 Å². The van der Waals surface area contributed by atoms with E-state index >= 15 is 0 Å². The van der Waals surface area contributed by atoms with Gasteiger partial charge < -0.3 is 4.74 Å². The first-order valence-electron chi connectivity index (χ1n) is 4.51. The Bertz CT molecular complexity index is 97.7. The predicted octanol–water partition coefficient (Wildman–Crippen LogP) is 2.70. The number of hydrogen-bond donors (Lipinski definition) is 0. The zero-order valence-electron chi connectivity index (χ0n) is 7.51. The smallest absolute Gasteiger partial charge is 0.0572 e. The highest BCUT2D eigenvalue weighted by Gasteiger charge is 2.19. The largest absolute Gasteiger partial charge is 0.381 e. The van der Waals surface area contributed by atoms with E-state index in [0.717, 1.165) is 5.25 Å². The summed E-state index contributed by atoms with van der Waals surface area (Å²) < 4.78 is 5.31. The molecule has 66 valence electrons. The number of thioether (sulfide) groups is 1. The predicted molar refractivity (Wildman–Crippen MR) is 51.2 cm³/mol. The van der Waals surface area contributed by atoms with E-state index in [1.165, 1.54) is 31.4 Å². The Hall–Kier alpha value is 0.310. The standard InChI is InChI=1S/C9H18OS/c1-3-11-9-6-4-8(10-2)5-7-9/h8-9H,3-7H2,1-2H3. The van der Waals surface area contributed by atoms with Crippen molar-refractivity contribution in [1.82, 2.24) is 0 Å². The molecule has 0 radical (unpaired) electrons. The Kier molecular flexibility index (Phi) is 4.31. The Morgan fingerprint density at radius 1 is 1.27 bits per heavy atom. The molecule has 1 rings (SSSR count). The van der Waals surface area contributed by atoms with Gasteiger partial charge in [0.1, 0.15) is 0 Å². The monoisotopic (exact) mass is 174 g/mol. The highest BCUT2D eigenvalue weighted by molar-refractivity contribution is 7.99. The molecule has 0 atom stereocenters. The summed E-state index contributed by atoms with van der Waals surface area (Å²) in [6.45, 7) is 2.24. The van der Waals surface area contributed by atoms with Crippen molar-refractivity contribution < 1.29 is 4.74 Å². The summed E-state index contributed by atoms with van der Waals surface area (Å²) in [5.41, 5.74) is 0. The molecule has 0 aliphatic heterocycles. The van der Waals surface area contributed by atoms with Crippen LogP contribution in [0.4, 0.5) is 0 Å². The molecule has 1 aliphatic rings. The van der Waals surface area contributed by atoms with Crippen LogP contribution in [-0.4, -0.2) is 24.2 Å². The van der Waals surface area contributed by atoms with Crippen molar-refractivity contribution in [3.63, 3.8) is 0 Å². The molecule has 1 nitrogen and oxygen atoms in total. The van der Waals surface area contributed by atoms with Gasteiger partial charge in [0.15, 0.2) is 0 Å². The van der Waals surface area contributed by atoms with Gasteiger partial charge in [-0.05, 0) is 31.4 Å². The van der Waals surface area contributed by atoms with Gasteiger partial charge >= 0.3 is 0 Å². The number of methoxy groups -OCH3 is 1.